The van der Waals surface area contributed by atoms with Crippen LogP contribution >= 0.6 is 0 Å². The van der Waals surface area contributed by atoms with Crippen LogP contribution in [0.5, 0.6) is 0 Å². The number of rotatable bonds is 5. The summed E-state index contributed by atoms with van der Waals surface area (Å²) in [6, 6.07) is 9.16. The van der Waals surface area contributed by atoms with Crippen LogP contribution in [0.2, 0.25) is 0 Å². The van der Waals surface area contributed by atoms with E-state index < -0.39 is 17.9 Å². The molecule has 2 unspecified atom stereocenters. The molecule has 0 radical (unpaired) electrons. The minimum atomic E-state index is -0.940. The van der Waals surface area contributed by atoms with Gasteiger partial charge in [-0.2, -0.15) is 0 Å². The van der Waals surface area contributed by atoms with Crippen LogP contribution in [0.15, 0.2) is 30.3 Å². The molecule has 21 heavy (non-hydrogen) atoms. The number of carbonyl (C=O) groups is 2. The van der Waals surface area contributed by atoms with Crippen molar-refractivity contribution < 1.29 is 19.4 Å². The summed E-state index contributed by atoms with van der Waals surface area (Å²) in [5.41, 5.74) is 1.16. The first-order chi connectivity index (χ1) is 10.1. The van der Waals surface area contributed by atoms with Crippen molar-refractivity contribution in [3.05, 3.63) is 35.9 Å². The molecule has 1 aliphatic rings. The van der Waals surface area contributed by atoms with Crippen molar-refractivity contribution in [2.45, 2.75) is 12.5 Å². The zero-order chi connectivity index (χ0) is 15.2. The first-order valence-corrected chi connectivity index (χ1v) is 6.94. The summed E-state index contributed by atoms with van der Waals surface area (Å²) in [5.74, 6) is -1.61. The van der Waals surface area contributed by atoms with Gasteiger partial charge in [-0.3, -0.25) is 4.79 Å². The third kappa shape index (κ3) is 4.19. The van der Waals surface area contributed by atoms with Gasteiger partial charge in [0.25, 0.3) is 0 Å². The van der Waals surface area contributed by atoms with Crippen molar-refractivity contribution >= 4 is 12.0 Å². The summed E-state index contributed by atoms with van der Waals surface area (Å²) >= 11 is 0. The van der Waals surface area contributed by atoms with Gasteiger partial charge in [-0.1, -0.05) is 30.3 Å². The normalized spacial score (nSPS) is 21.0. The number of benzene rings is 1. The van der Waals surface area contributed by atoms with Gasteiger partial charge in [-0.15, -0.1) is 0 Å². The third-order valence-corrected chi connectivity index (χ3v) is 3.63. The van der Waals surface area contributed by atoms with Gasteiger partial charge >= 0.3 is 12.0 Å². The second kappa shape index (κ2) is 7.08. The number of nitrogens with zero attached hydrogens (tertiary/aromatic N) is 1. The lowest BCUT2D eigenvalue weighted by Crippen LogP contribution is -2.48. The monoisotopic (exact) mass is 292 g/mol. The number of aliphatic carboxylic acids is 1. The summed E-state index contributed by atoms with van der Waals surface area (Å²) in [6.45, 7) is 0.963. The molecule has 6 nitrogen and oxygen atoms in total. The molecule has 1 fully saturated rings. The molecular weight excluding hydrogens is 272 g/mol. The molecule has 2 atom stereocenters. The topological polar surface area (TPSA) is 78.9 Å². The average molecular weight is 292 g/mol. The molecule has 0 saturated carbocycles. The maximum absolute atomic E-state index is 12.1. The molecule has 6 heteroatoms. The highest BCUT2D eigenvalue weighted by atomic mass is 16.5. The molecule has 2 amide bonds. The van der Waals surface area contributed by atoms with E-state index >= 15 is 0 Å². The van der Waals surface area contributed by atoms with E-state index in [1.807, 2.05) is 30.3 Å². The lowest BCUT2D eigenvalue weighted by Gasteiger charge is -2.22. The predicted molar refractivity (Wildman–Crippen MR) is 77.0 cm³/mol. The molecule has 1 saturated heterocycles. The van der Waals surface area contributed by atoms with Crippen LogP contribution in [0.1, 0.15) is 5.56 Å². The largest absolute Gasteiger partial charge is 0.481 e. The lowest BCUT2D eigenvalue weighted by molar-refractivity contribution is -0.142. The molecule has 2 rings (SSSR count). The highest BCUT2D eigenvalue weighted by Crippen LogP contribution is 2.14. The fourth-order valence-electron chi connectivity index (χ4n) is 2.25. The van der Waals surface area contributed by atoms with E-state index in [1.165, 1.54) is 0 Å². The average Bonchev–Trinajstić information content (AvgIpc) is 2.94. The van der Waals surface area contributed by atoms with Crippen LogP contribution in [0.3, 0.4) is 0 Å². The van der Waals surface area contributed by atoms with Gasteiger partial charge < -0.3 is 20.1 Å². The number of urea groups is 1. The molecule has 1 aromatic rings. The second-order valence-corrected chi connectivity index (χ2v) is 5.20. The number of ether oxygens (including phenoxy) is 1. The number of hydrogen-bond donors (Lipinski definition) is 2. The van der Waals surface area contributed by atoms with Gasteiger partial charge in [0, 0.05) is 13.6 Å². The Hall–Kier alpha value is -2.08. The van der Waals surface area contributed by atoms with E-state index in [2.05, 4.69) is 5.32 Å². The Morgan fingerprint density at radius 2 is 2.05 bits per heavy atom. The summed E-state index contributed by atoms with van der Waals surface area (Å²) in [5, 5.41) is 11.8. The minimum absolute atomic E-state index is 0.147. The number of carboxylic acid groups (broad SMARTS) is 1. The highest BCUT2D eigenvalue weighted by Gasteiger charge is 2.35. The molecule has 1 aliphatic heterocycles. The van der Waals surface area contributed by atoms with Crippen molar-refractivity contribution in [1.29, 1.82) is 0 Å². The Labute approximate surface area is 123 Å². The van der Waals surface area contributed by atoms with Crippen LogP contribution in [0, 0.1) is 5.92 Å². The van der Waals surface area contributed by atoms with Crippen molar-refractivity contribution in [2.75, 3.05) is 26.8 Å². The third-order valence-electron chi connectivity index (χ3n) is 3.63. The van der Waals surface area contributed by atoms with Gasteiger partial charge in [0.05, 0.1) is 19.3 Å². The van der Waals surface area contributed by atoms with Gasteiger partial charge in [0.2, 0.25) is 0 Å². The van der Waals surface area contributed by atoms with Crippen molar-refractivity contribution in [3.63, 3.8) is 0 Å². The molecule has 0 bridgehead atoms. The fourth-order valence-corrected chi connectivity index (χ4v) is 2.25. The zero-order valence-electron chi connectivity index (χ0n) is 12.0. The van der Waals surface area contributed by atoms with E-state index in [0.717, 1.165) is 12.0 Å². The van der Waals surface area contributed by atoms with Gasteiger partial charge in [0.1, 0.15) is 5.92 Å². The number of nitrogens with one attached hydrogen (secondary N) is 1. The Morgan fingerprint density at radius 3 is 2.71 bits per heavy atom. The van der Waals surface area contributed by atoms with Crippen molar-refractivity contribution in [1.82, 2.24) is 10.2 Å². The Kier molecular flexibility index (Phi) is 5.16. The number of hydrogen-bond acceptors (Lipinski definition) is 3. The number of likely N-dealkylation sites (N-methyl/N-ethyl adjacent to an activating group) is 1. The smallest absolute Gasteiger partial charge is 0.317 e. The minimum Gasteiger partial charge on any atom is -0.481 e. The van der Waals surface area contributed by atoms with Crippen molar-refractivity contribution in [3.8, 4) is 0 Å². The van der Waals surface area contributed by atoms with E-state index in [9.17, 15) is 9.59 Å². The van der Waals surface area contributed by atoms with Crippen LogP contribution < -0.4 is 5.32 Å². The molecule has 2 N–H and O–H groups in total. The number of amides is 2. The lowest BCUT2D eigenvalue weighted by atomic mass is 10.0. The molecular formula is C15H20N2O4. The molecule has 114 valence electrons. The Bertz CT molecular complexity index is 492. The first-order valence-electron chi connectivity index (χ1n) is 6.94. The van der Waals surface area contributed by atoms with Crippen LogP contribution in [-0.2, 0) is 16.0 Å². The standard InChI is InChI=1S/C15H20N2O4/c1-17(8-7-11-5-3-2-4-6-11)15(20)16-13-10-21-9-12(13)14(18)19/h2-6,12-13H,7-10H2,1H3,(H,16,20)(H,18,19). The highest BCUT2D eigenvalue weighted by molar-refractivity contribution is 5.77. The Morgan fingerprint density at radius 1 is 1.33 bits per heavy atom. The molecule has 0 aliphatic carbocycles. The molecule has 0 aromatic heterocycles. The van der Waals surface area contributed by atoms with E-state index in [4.69, 9.17) is 9.84 Å². The maximum atomic E-state index is 12.1. The van der Waals surface area contributed by atoms with Gasteiger partial charge in [-0.05, 0) is 12.0 Å². The SMILES string of the molecule is CN(CCc1ccccc1)C(=O)NC1COCC1C(=O)O. The van der Waals surface area contributed by atoms with Gasteiger partial charge in [-0.25, -0.2) is 4.79 Å². The van der Waals surface area contributed by atoms with E-state index in [-0.39, 0.29) is 19.2 Å². The second-order valence-electron chi connectivity index (χ2n) is 5.20. The number of carboxylic acids is 1. The van der Waals surface area contributed by atoms with Crippen molar-refractivity contribution in [2.24, 2.45) is 5.92 Å². The molecule has 1 heterocycles. The zero-order valence-corrected chi connectivity index (χ0v) is 12.0. The summed E-state index contributed by atoms with van der Waals surface area (Å²) in [7, 11) is 1.70. The van der Waals surface area contributed by atoms with E-state index in [0.29, 0.717) is 6.54 Å². The maximum Gasteiger partial charge on any atom is 0.317 e. The molecule has 0 spiro atoms. The summed E-state index contributed by atoms with van der Waals surface area (Å²) in [6.07, 6.45) is 0.758. The number of carbonyl (C=O) groups excluding carboxylic acids is 1. The summed E-state index contributed by atoms with van der Waals surface area (Å²) in [4.78, 5) is 24.6. The Balaban J connectivity index is 1.81. The van der Waals surface area contributed by atoms with Crippen LogP contribution in [0.25, 0.3) is 0 Å². The van der Waals surface area contributed by atoms with E-state index in [1.54, 1.807) is 11.9 Å². The van der Waals surface area contributed by atoms with Crippen LogP contribution in [-0.4, -0.2) is 54.9 Å². The first kappa shape index (κ1) is 15.3. The fraction of sp³-hybridized carbons (Fsp3) is 0.467. The van der Waals surface area contributed by atoms with Gasteiger partial charge in [0.15, 0.2) is 0 Å². The quantitative estimate of drug-likeness (QED) is 0.847. The molecule has 1 aromatic carbocycles. The van der Waals surface area contributed by atoms with Crippen LogP contribution in [0.4, 0.5) is 4.79 Å². The summed E-state index contributed by atoms with van der Waals surface area (Å²) < 4.78 is 5.13. The predicted octanol–water partition coefficient (Wildman–Crippen LogP) is 0.970.